The fraction of sp³-hybridized carbons (Fsp3) is 0.588. The molecule has 3 heteroatoms. The third kappa shape index (κ3) is 2.82. The van der Waals surface area contributed by atoms with Gasteiger partial charge in [-0.3, -0.25) is 0 Å². The molecule has 0 radical (unpaired) electrons. The Kier molecular flexibility index (Phi) is 3.45. The molecule has 3 nitrogen and oxygen atoms in total. The fourth-order valence-electron chi connectivity index (χ4n) is 3.13. The maximum atomic E-state index is 12.2. The number of esters is 1. The molecular formula is C17H23NO2. The van der Waals surface area contributed by atoms with Crippen LogP contribution in [0.25, 0.3) is 0 Å². The smallest absolute Gasteiger partial charge is 0.338 e. The van der Waals surface area contributed by atoms with Gasteiger partial charge in [-0.2, -0.15) is 0 Å². The molecule has 2 aliphatic rings. The lowest BCUT2D eigenvalue weighted by molar-refractivity contribution is 0.00952. The van der Waals surface area contributed by atoms with Crippen molar-refractivity contribution in [3.8, 4) is 0 Å². The van der Waals surface area contributed by atoms with Gasteiger partial charge in [-0.15, -0.1) is 0 Å². The van der Waals surface area contributed by atoms with Crippen LogP contribution >= 0.6 is 0 Å². The molecule has 1 aromatic carbocycles. The Labute approximate surface area is 120 Å². The van der Waals surface area contributed by atoms with E-state index in [-0.39, 0.29) is 12.1 Å². The van der Waals surface area contributed by atoms with E-state index in [2.05, 4.69) is 19.2 Å². The molecule has 0 amide bonds. The zero-order chi connectivity index (χ0) is 14.2. The minimum Gasteiger partial charge on any atom is -0.459 e. The molecule has 0 saturated heterocycles. The molecule has 3 rings (SSSR count). The van der Waals surface area contributed by atoms with Crippen molar-refractivity contribution in [1.29, 1.82) is 0 Å². The third-order valence-corrected chi connectivity index (χ3v) is 4.62. The molecule has 1 heterocycles. The van der Waals surface area contributed by atoms with Gasteiger partial charge in [-0.05, 0) is 55.2 Å². The van der Waals surface area contributed by atoms with Crippen LogP contribution in [0.4, 0.5) is 5.69 Å². The van der Waals surface area contributed by atoms with Crippen molar-refractivity contribution in [1.82, 2.24) is 0 Å². The maximum Gasteiger partial charge on any atom is 0.338 e. The normalized spacial score (nSPS) is 21.1. The standard InChI is InChI=1S/C17H23NO2/c1-17(2)8-5-14(6-9-17)20-16(19)13-4-3-12-7-10-18-15(12)11-13/h3-4,11,14,18H,5-10H2,1-2H3. The summed E-state index contributed by atoms with van der Waals surface area (Å²) in [7, 11) is 0. The minimum absolute atomic E-state index is 0.0942. The number of ether oxygens (including phenoxy) is 1. The van der Waals surface area contributed by atoms with Crippen molar-refractivity contribution in [2.45, 2.75) is 52.1 Å². The van der Waals surface area contributed by atoms with E-state index in [4.69, 9.17) is 4.74 Å². The van der Waals surface area contributed by atoms with Crippen molar-refractivity contribution in [3.63, 3.8) is 0 Å². The van der Waals surface area contributed by atoms with Crippen LogP contribution in [0.15, 0.2) is 18.2 Å². The van der Waals surface area contributed by atoms with Crippen molar-refractivity contribution >= 4 is 11.7 Å². The first-order valence-electron chi connectivity index (χ1n) is 7.61. The topological polar surface area (TPSA) is 38.3 Å². The van der Waals surface area contributed by atoms with E-state index in [9.17, 15) is 4.79 Å². The molecular weight excluding hydrogens is 250 g/mol. The Morgan fingerprint density at radius 3 is 2.80 bits per heavy atom. The Morgan fingerprint density at radius 1 is 1.30 bits per heavy atom. The van der Waals surface area contributed by atoms with Gasteiger partial charge < -0.3 is 10.1 Å². The van der Waals surface area contributed by atoms with Crippen LogP contribution in [0.1, 0.15) is 55.5 Å². The SMILES string of the molecule is CC1(C)CCC(OC(=O)c2ccc3c(c2)NCC3)CC1. The lowest BCUT2D eigenvalue weighted by Crippen LogP contribution is -2.28. The van der Waals surface area contributed by atoms with E-state index >= 15 is 0 Å². The highest BCUT2D eigenvalue weighted by atomic mass is 16.5. The fourth-order valence-corrected chi connectivity index (χ4v) is 3.13. The molecule has 1 aliphatic carbocycles. The van der Waals surface area contributed by atoms with Gasteiger partial charge in [0.2, 0.25) is 0 Å². The molecule has 0 atom stereocenters. The zero-order valence-electron chi connectivity index (χ0n) is 12.4. The Bertz CT molecular complexity index is 512. The largest absolute Gasteiger partial charge is 0.459 e. The molecule has 20 heavy (non-hydrogen) atoms. The van der Waals surface area contributed by atoms with Crippen LogP contribution in [0.3, 0.4) is 0 Å². The number of hydrogen-bond donors (Lipinski definition) is 1. The number of nitrogens with one attached hydrogen (secondary N) is 1. The summed E-state index contributed by atoms with van der Waals surface area (Å²) in [4.78, 5) is 12.2. The molecule has 0 spiro atoms. The number of carbonyl (C=O) groups is 1. The maximum absolute atomic E-state index is 12.2. The number of carbonyl (C=O) groups excluding carboxylic acids is 1. The minimum atomic E-state index is -0.175. The van der Waals surface area contributed by atoms with Gasteiger partial charge in [-0.1, -0.05) is 19.9 Å². The summed E-state index contributed by atoms with van der Waals surface area (Å²) in [5.74, 6) is -0.175. The summed E-state index contributed by atoms with van der Waals surface area (Å²) in [6, 6.07) is 5.86. The van der Waals surface area contributed by atoms with Crippen molar-refractivity contribution in [2.75, 3.05) is 11.9 Å². The Balaban J connectivity index is 1.62. The number of anilines is 1. The summed E-state index contributed by atoms with van der Waals surface area (Å²) >= 11 is 0. The van der Waals surface area contributed by atoms with E-state index in [0.29, 0.717) is 11.0 Å². The highest BCUT2D eigenvalue weighted by Gasteiger charge is 2.29. The summed E-state index contributed by atoms with van der Waals surface area (Å²) in [5, 5.41) is 3.30. The molecule has 1 fully saturated rings. The first-order chi connectivity index (χ1) is 9.53. The summed E-state index contributed by atoms with van der Waals surface area (Å²) in [5.41, 5.74) is 3.45. The number of rotatable bonds is 2. The van der Waals surface area contributed by atoms with Gasteiger partial charge in [0.15, 0.2) is 0 Å². The van der Waals surface area contributed by atoms with Gasteiger partial charge in [0.05, 0.1) is 5.56 Å². The number of fused-ring (bicyclic) bond motifs is 1. The average Bonchev–Trinajstić information content (AvgIpc) is 2.88. The molecule has 1 aromatic rings. The van der Waals surface area contributed by atoms with Crippen LogP contribution in [-0.4, -0.2) is 18.6 Å². The van der Waals surface area contributed by atoms with E-state index in [1.54, 1.807) is 0 Å². The van der Waals surface area contributed by atoms with Crippen LogP contribution < -0.4 is 5.32 Å². The van der Waals surface area contributed by atoms with E-state index in [1.165, 1.54) is 5.56 Å². The third-order valence-electron chi connectivity index (χ3n) is 4.62. The van der Waals surface area contributed by atoms with Gasteiger partial charge in [0, 0.05) is 12.2 Å². The molecule has 0 aromatic heterocycles. The van der Waals surface area contributed by atoms with E-state index < -0.39 is 0 Å². The Hall–Kier alpha value is -1.51. The van der Waals surface area contributed by atoms with Crippen LogP contribution in [0, 0.1) is 5.41 Å². The predicted octanol–water partition coefficient (Wildman–Crippen LogP) is 3.78. The molecule has 1 aliphatic heterocycles. The second-order valence-corrected chi connectivity index (χ2v) is 6.82. The van der Waals surface area contributed by atoms with Crippen molar-refractivity contribution < 1.29 is 9.53 Å². The van der Waals surface area contributed by atoms with Crippen molar-refractivity contribution in [3.05, 3.63) is 29.3 Å². The van der Waals surface area contributed by atoms with Crippen LogP contribution in [0.2, 0.25) is 0 Å². The molecule has 1 N–H and O–H groups in total. The number of hydrogen-bond acceptors (Lipinski definition) is 3. The van der Waals surface area contributed by atoms with Crippen molar-refractivity contribution in [2.24, 2.45) is 5.41 Å². The molecule has 0 unspecified atom stereocenters. The lowest BCUT2D eigenvalue weighted by Gasteiger charge is -2.33. The first kappa shape index (κ1) is 13.5. The molecule has 108 valence electrons. The van der Waals surface area contributed by atoms with E-state index in [1.807, 2.05) is 18.2 Å². The second kappa shape index (κ2) is 5.12. The zero-order valence-corrected chi connectivity index (χ0v) is 12.4. The molecule has 0 bridgehead atoms. The highest BCUT2D eigenvalue weighted by Crippen LogP contribution is 2.36. The highest BCUT2D eigenvalue weighted by molar-refractivity contribution is 5.91. The first-order valence-corrected chi connectivity index (χ1v) is 7.61. The second-order valence-electron chi connectivity index (χ2n) is 6.82. The van der Waals surface area contributed by atoms with Gasteiger partial charge in [0.1, 0.15) is 6.10 Å². The average molecular weight is 273 g/mol. The monoisotopic (exact) mass is 273 g/mol. The quantitative estimate of drug-likeness (QED) is 0.833. The van der Waals surface area contributed by atoms with Crippen LogP contribution in [-0.2, 0) is 11.2 Å². The number of benzene rings is 1. The summed E-state index contributed by atoms with van der Waals surface area (Å²) < 4.78 is 5.66. The van der Waals surface area contributed by atoms with Crippen LogP contribution in [0.5, 0.6) is 0 Å². The summed E-state index contributed by atoms with van der Waals surface area (Å²) in [6.07, 6.45) is 5.39. The van der Waals surface area contributed by atoms with Gasteiger partial charge in [0.25, 0.3) is 0 Å². The Morgan fingerprint density at radius 2 is 2.05 bits per heavy atom. The molecule has 1 saturated carbocycles. The van der Waals surface area contributed by atoms with E-state index in [0.717, 1.165) is 44.3 Å². The van der Waals surface area contributed by atoms with Gasteiger partial charge >= 0.3 is 5.97 Å². The predicted molar refractivity (Wildman–Crippen MR) is 80.1 cm³/mol. The lowest BCUT2D eigenvalue weighted by atomic mass is 9.76. The van der Waals surface area contributed by atoms with Gasteiger partial charge in [-0.25, -0.2) is 4.79 Å². The summed E-state index contributed by atoms with van der Waals surface area (Å²) in [6.45, 7) is 5.54.